The monoisotopic (exact) mass is 327 g/mol. The Bertz CT molecular complexity index is 601. The molecule has 7 heteroatoms. The van der Waals surface area contributed by atoms with Crippen molar-refractivity contribution in [2.24, 2.45) is 0 Å². The van der Waals surface area contributed by atoms with Crippen molar-refractivity contribution in [3.8, 4) is 5.75 Å². The van der Waals surface area contributed by atoms with E-state index in [-0.39, 0.29) is 5.91 Å². The topological polar surface area (TPSA) is 75.6 Å². The van der Waals surface area contributed by atoms with Crippen molar-refractivity contribution in [2.75, 3.05) is 11.5 Å². The molecular weight excluding hydrogens is 314 g/mol. The van der Waals surface area contributed by atoms with Crippen LogP contribution in [-0.2, 0) is 16.0 Å². The Labute approximate surface area is 131 Å². The second kappa shape index (κ2) is 5.42. The van der Waals surface area contributed by atoms with Crippen molar-refractivity contribution < 1.29 is 19.4 Å². The van der Waals surface area contributed by atoms with Crippen LogP contribution in [0.25, 0.3) is 0 Å². The molecule has 21 heavy (non-hydrogen) atoms. The number of benzene rings is 1. The van der Waals surface area contributed by atoms with Gasteiger partial charge in [-0.1, -0.05) is 11.6 Å². The number of carbonyl (C=O) groups is 2. The molecule has 0 saturated carbocycles. The largest absolute Gasteiger partial charge is 0.480 e. The van der Waals surface area contributed by atoms with E-state index in [0.717, 1.165) is 11.3 Å². The van der Waals surface area contributed by atoms with E-state index in [9.17, 15) is 14.7 Å². The summed E-state index contributed by atoms with van der Waals surface area (Å²) in [6, 6.07) is 5.19. The van der Waals surface area contributed by atoms with E-state index in [1.165, 1.54) is 11.8 Å². The third kappa shape index (κ3) is 2.70. The Balaban J connectivity index is 1.71. The second-order valence-electron chi connectivity index (χ2n) is 5.24. The Hall–Kier alpha value is -1.40. The van der Waals surface area contributed by atoms with E-state index in [1.807, 2.05) is 0 Å². The molecular formula is C14H14ClNO4S. The Morgan fingerprint density at radius 3 is 2.95 bits per heavy atom. The van der Waals surface area contributed by atoms with Crippen LogP contribution in [0.3, 0.4) is 0 Å². The predicted octanol–water partition coefficient (Wildman–Crippen LogP) is 1.72. The predicted molar refractivity (Wildman–Crippen MR) is 80.0 cm³/mol. The zero-order chi connectivity index (χ0) is 15.0. The van der Waals surface area contributed by atoms with Gasteiger partial charge in [0.1, 0.15) is 11.3 Å². The van der Waals surface area contributed by atoms with Crippen molar-refractivity contribution in [3.63, 3.8) is 0 Å². The van der Waals surface area contributed by atoms with Crippen LogP contribution in [0.1, 0.15) is 12.0 Å². The molecule has 2 atom stereocenters. The number of rotatable bonds is 3. The molecule has 0 spiro atoms. The van der Waals surface area contributed by atoms with Gasteiger partial charge in [0, 0.05) is 17.2 Å². The third-order valence-corrected chi connectivity index (χ3v) is 5.21. The molecule has 2 N–H and O–H groups in total. The number of carboxylic acid groups (broad SMARTS) is 1. The maximum atomic E-state index is 12.3. The van der Waals surface area contributed by atoms with Gasteiger partial charge >= 0.3 is 5.97 Å². The summed E-state index contributed by atoms with van der Waals surface area (Å²) in [5, 5.41) is 12.6. The van der Waals surface area contributed by atoms with Gasteiger partial charge in [-0.3, -0.25) is 4.79 Å². The first-order valence-electron chi connectivity index (χ1n) is 6.58. The molecule has 0 unspecified atom stereocenters. The van der Waals surface area contributed by atoms with Crippen molar-refractivity contribution in [2.45, 2.75) is 24.5 Å². The van der Waals surface area contributed by atoms with Crippen LogP contribution in [0.5, 0.6) is 5.75 Å². The SMILES string of the molecule is O=C(N[C@@]1(C(=O)O)CCSC1)[C@@H]1Cc2cc(Cl)ccc2O1. The molecule has 1 fully saturated rings. The highest BCUT2D eigenvalue weighted by Crippen LogP contribution is 2.32. The average molecular weight is 328 g/mol. The summed E-state index contributed by atoms with van der Waals surface area (Å²) >= 11 is 7.44. The minimum atomic E-state index is -1.17. The van der Waals surface area contributed by atoms with Gasteiger partial charge in [-0.25, -0.2) is 4.79 Å². The Morgan fingerprint density at radius 1 is 1.48 bits per heavy atom. The van der Waals surface area contributed by atoms with Crippen molar-refractivity contribution in [1.82, 2.24) is 5.32 Å². The lowest BCUT2D eigenvalue weighted by atomic mass is 9.98. The van der Waals surface area contributed by atoms with E-state index >= 15 is 0 Å². The van der Waals surface area contributed by atoms with Gasteiger partial charge in [-0.2, -0.15) is 11.8 Å². The highest BCUT2D eigenvalue weighted by Gasteiger charge is 2.45. The van der Waals surface area contributed by atoms with Gasteiger partial charge in [0.15, 0.2) is 6.10 Å². The number of aliphatic carboxylic acids is 1. The van der Waals surface area contributed by atoms with Crippen LogP contribution < -0.4 is 10.1 Å². The summed E-state index contributed by atoms with van der Waals surface area (Å²) in [7, 11) is 0. The van der Waals surface area contributed by atoms with Crippen molar-refractivity contribution >= 4 is 35.2 Å². The number of nitrogens with one attached hydrogen (secondary N) is 1. The van der Waals surface area contributed by atoms with Gasteiger partial charge in [0.25, 0.3) is 5.91 Å². The van der Waals surface area contributed by atoms with E-state index in [0.29, 0.717) is 29.4 Å². The van der Waals surface area contributed by atoms with Crippen LogP contribution in [0.4, 0.5) is 0 Å². The normalized spacial score (nSPS) is 27.0. The van der Waals surface area contributed by atoms with E-state index in [2.05, 4.69) is 5.32 Å². The maximum Gasteiger partial charge on any atom is 0.330 e. The number of carbonyl (C=O) groups excluding carboxylic acids is 1. The van der Waals surface area contributed by atoms with Crippen LogP contribution in [0.15, 0.2) is 18.2 Å². The number of ether oxygens (including phenoxy) is 1. The number of carboxylic acids is 1. The summed E-state index contributed by atoms with van der Waals surface area (Å²) in [6.07, 6.45) is 0.148. The molecule has 1 aromatic rings. The highest BCUT2D eigenvalue weighted by molar-refractivity contribution is 7.99. The lowest BCUT2D eigenvalue weighted by Gasteiger charge is -2.26. The molecule has 1 aromatic carbocycles. The minimum absolute atomic E-state index is 0.382. The Morgan fingerprint density at radius 2 is 2.29 bits per heavy atom. The van der Waals surface area contributed by atoms with Gasteiger partial charge in [-0.05, 0) is 35.9 Å². The fourth-order valence-electron chi connectivity index (χ4n) is 2.57. The summed E-state index contributed by atoms with van der Waals surface area (Å²) in [4.78, 5) is 23.8. The first-order valence-corrected chi connectivity index (χ1v) is 8.12. The summed E-state index contributed by atoms with van der Waals surface area (Å²) < 4.78 is 5.59. The Kier molecular flexibility index (Phi) is 3.75. The molecule has 0 aliphatic carbocycles. The van der Waals surface area contributed by atoms with Crippen LogP contribution in [0.2, 0.25) is 5.02 Å². The van der Waals surface area contributed by atoms with E-state index in [1.54, 1.807) is 18.2 Å². The first kappa shape index (κ1) is 14.5. The zero-order valence-electron chi connectivity index (χ0n) is 11.1. The van der Waals surface area contributed by atoms with Gasteiger partial charge in [0.2, 0.25) is 0 Å². The number of hydrogen-bond donors (Lipinski definition) is 2. The lowest BCUT2D eigenvalue weighted by molar-refractivity contribution is -0.147. The molecule has 2 heterocycles. The smallest absolute Gasteiger partial charge is 0.330 e. The molecule has 2 aliphatic heterocycles. The summed E-state index contributed by atoms with van der Waals surface area (Å²) in [5.74, 6) is 0.379. The second-order valence-corrected chi connectivity index (χ2v) is 6.78. The van der Waals surface area contributed by atoms with Gasteiger partial charge in [0.05, 0.1) is 0 Å². The zero-order valence-corrected chi connectivity index (χ0v) is 12.7. The van der Waals surface area contributed by atoms with Crippen molar-refractivity contribution in [1.29, 1.82) is 0 Å². The number of thioether (sulfide) groups is 1. The van der Waals surface area contributed by atoms with Crippen LogP contribution >= 0.6 is 23.4 Å². The molecule has 112 valence electrons. The highest BCUT2D eigenvalue weighted by atomic mass is 35.5. The van der Waals surface area contributed by atoms with Crippen LogP contribution in [-0.4, -0.2) is 40.1 Å². The van der Waals surface area contributed by atoms with E-state index in [4.69, 9.17) is 16.3 Å². The number of hydrogen-bond acceptors (Lipinski definition) is 4. The standard InChI is InChI=1S/C14H14ClNO4S/c15-9-1-2-10-8(5-9)6-11(20-10)12(17)16-14(13(18)19)3-4-21-7-14/h1-2,5,11H,3-4,6-7H2,(H,16,17)(H,18,19)/t11-,14-/m0/s1. The fourth-order valence-corrected chi connectivity index (χ4v) is 4.09. The number of amides is 1. The quantitative estimate of drug-likeness (QED) is 0.884. The summed E-state index contributed by atoms with van der Waals surface area (Å²) in [6.45, 7) is 0. The lowest BCUT2D eigenvalue weighted by Crippen LogP contribution is -2.57. The first-order chi connectivity index (χ1) is 10.00. The molecule has 0 aromatic heterocycles. The third-order valence-electron chi connectivity index (χ3n) is 3.78. The average Bonchev–Trinajstić information content (AvgIpc) is 3.05. The maximum absolute atomic E-state index is 12.3. The fraction of sp³-hybridized carbons (Fsp3) is 0.429. The molecule has 0 radical (unpaired) electrons. The summed E-state index contributed by atoms with van der Waals surface area (Å²) in [5.41, 5.74) is -0.301. The number of halogens is 1. The molecule has 1 amide bonds. The van der Waals surface area contributed by atoms with Crippen LogP contribution in [0, 0.1) is 0 Å². The molecule has 3 rings (SSSR count). The molecule has 0 bridgehead atoms. The van der Waals surface area contributed by atoms with Gasteiger partial charge < -0.3 is 15.2 Å². The van der Waals surface area contributed by atoms with E-state index < -0.39 is 17.6 Å². The molecule has 2 aliphatic rings. The molecule has 5 nitrogen and oxygen atoms in total. The van der Waals surface area contributed by atoms with Crippen molar-refractivity contribution in [3.05, 3.63) is 28.8 Å². The number of fused-ring (bicyclic) bond motifs is 1. The minimum Gasteiger partial charge on any atom is -0.480 e. The molecule has 1 saturated heterocycles. The van der Waals surface area contributed by atoms with Gasteiger partial charge in [-0.15, -0.1) is 0 Å².